The molecule has 0 radical (unpaired) electrons. The third-order valence-corrected chi connectivity index (χ3v) is 4.12. The molecule has 3 rings (SSSR count). The molecule has 1 amide bonds. The Bertz CT molecular complexity index is 809. The standard InChI is InChI=1S/C19H20N2O4/c1-11-8-13(9-12(2)17(11)25-10-16(22)24-3)18-20-15-7-5-4-6-14(15)19(23)21-18/h4-9,18,20H,10H2,1-3H3,(H,21,23)/t18-/m0/s1. The van der Waals surface area contributed by atoms with Crippen LogP contribution in [0.2, 0.25) is 0 Å². The number of methoxy groups -OCH3 is 1. The SMILES string of the molecule is COC(=O)COc1c(C)cc([C@@H]2NC(=O)c3ccccc3N2)cc1C. The fraction of sp³-hybridized carbons (Fsp3) is 0.263. The van der Waals surface area contributed by atoms with Crippen molar-refractivity contribution >= 4 is 17.6 Å². The van der Waals surface area contributed by atoms with Crippen molar-refractivity contribution in [1.29, 1.82) is 0 Å². The van der Waals surface area contributed by atoms with Crippen LogP contribution in [-0.4, -0.2) is 25.6 Å². The van der Waals surface area contributed by atoms with Crippen molar-refractivity contribution < 1.29 is 19.1 Å². The first-order chi connectivity index (χ1) is 12.0. The molecule has 0 bridgehead atoms. The largest absolute Gasteiger partial charge is 0.481 e. The fourth-order valence-electron chi connectivity index (χ4n) is 2.94. The summed E-state index contributed by atoms with van der Waals surface area (Å²) in [4.78, 5) is 23.6. The summed E-state index contributed by atoms with van der Waals surface area (Å²) in [6, 6.07) is 11.3. The van der Waals surface area contributed by atoms with Gasteiger partial charge in [0.1, 0.15) is 11.9 Å². The molecule has 2 aromatic rings. The molecule has 0 fully saturated rings. The summed E-state index contributed by atoms with van der Waals surface area (Å²) < 4.78 is 10.2. The van der Waals surface area contributed by atoms with Crippen LogP contribution in [0, 0.1) is 13.8 Å². The second-order valence-corrected chi connectivity index (χ2v) is 5.95. The topological polar surface area (TPSA) is 76.7 Å². The molecule has 25 heavy (non-hydrogen) atoms. The minimum atomic E-state index is -0.430. The summed E-state index contributed by atoms with van der Waals surface area (Å²) in [5, 5.41) is 6.29. The lowest BCUT2D eigenvalue weighted by molar-refractivity contribution is -0.142. The normalized spacial score (nSPS) is 15.6. The van der Waals surface area contributed by atoms with Gasteiger partial charge >= 0.3 is 5.97 Å². The first-order valence-electron chi connectivity index (χ1n) is 7.97. The molecule has 2 N–H and O–H groups in total. The van der Waals surface area contributed by atoms with E-state index in [9.17, 15) is 9.59 Å². The van der Waals surface area contributed by atoms with E-state index in [4.69, 9.17) is 4.74 Å². The first-order valence-corrected chi connectivity index (χ1v) is 7.97. The van der Waals surface area contributed by atoms with E-state index >= 15 is 0 Å². The van der Waals surface area contributed by atoms with Crippen molar-refractivity contribution in [3.8, 4) is 5.75 Å². The van der Waals surface area contributed by atoms with E-state index in [-0.39, 0.29) is 18.7 Å². The Morgan fingerprint density at radius 3 is 2.48 bits per heavy atom. The van der Waals surface area contributed by atoms with Gasteiger partial charge in [0, 0.05) is 5.69 Å². The third kappa shape index (κ3) is 3.42. The molecule has 1 aliphatic rings. The average molecular weight is 340 g/mol. The fourth-order valence-corrected chi connectivity index (χ4v) is 2.94. The molecular weight excluding hydrogens is 320 g/mol. The second-order valence-electron chi connectivity index (χ2n) is 5.95. The molecule has 2 aromatic carbocycles. The Balaban J connectivity index is 1.85. The van der Waals surface area contributed by atoms with Crippen LogP contribution >= 0.6 is 0 Å². The van der Waals surface area contributed by atoms with Crippen LogP contribution in [0.3, 0.4) is 0 Å². The molecule has 0 aliphatic carbocycles. The number of para-hydroxylation sites is 1. The number of carbonyl (C=O) groups excluding carboxylic acids is 2. The molecule has 6 heteroatoms. The van der Waals surface area contributed by atoms with Crippen LogP contribution in [-0.2, 0) is 9.53 Å². The number of ether oxygens (including phenoxy) is 2. The Morgan fingerprint density at radius 2 is 1.80 bits per heavy atom. The van der Waals surface area contributed by atoms with Gasteiger partial charge in [0.25, 0.3) is 5.91 Å². The predicted molar refractivity (Wildman–Crippen MR) is 93.7 cm³/mol. The van der Waals surface area contributed by atoms with Gasteiger partial charge in [-0.3, -0.25) is 4.79 Å². The maximum atomic E-state index is 12.3. The number of hydrogen-bond donors (Lipinski definition) is 2. The lowest BCUT2D eigenvalue weighted by Crippen LogP contribution is -2.38. The van der Waals surface area contributed by atoms with Crippen LogP contribution in [0.5, 0.6) is 5.75 Å². The van der Waals surface area contributed by atoms with Crippen molar-refractivity contribution in [1.82, 2.24) is 5.32 Å². The van der Waals surface area contributed by atoms with Gasteiger partial charge in [-0.05, 0) is 54.8 Å². The zero-order valence-corrected chi connectivity index (χ0v) is 14.4. The number of nitrogens with one attached hydrogen (secondary N) is 2. The van der Waals surface area contributed by atoms with Crippen molar-refractivity contribution in [2.24, 2.45) is 0 Å². The summed E-state index contributed by atoms with van der Waals surface area (Å²) in [7, 11) is 1.32. The van der Waals surface area contributed by atoms with E-state index in [1.54, 1.807) is 6.07 Å². The smallest absolute Gasteiger partial charge is 0.343 e. The molecule has 130 valence electrons. The summed E-state index contributed by atoms with van der Waals surface area (Å²) in [5.74, 6) is 0.109. The molecule has 1 heterocycles. The van der Waals surface area contributed by atoms with Crippen LogP contribution in [0.15, 0.2) is 36.4 Å². The highest BCUT2D eigenvalue weighted by Crippen LogP contribution is 2.31. The summed E-state index contributed by atoms with van der Waals surface area (Å²) >= 11 is 0. The number of amides is 1. The molecule has 6 nitrogen and oxygen atoms in total. The quantitative estimate of drug-likeness (QED) is 0.837. The molecule has 1 aliphatic heterocycles. The first kappa shape index (κ1) is 16.8. The highest BCUT2D eigenvalue weighted by atomic mass is 16.6. The molecule has 1 atom stereocenters. The highest BCUT2D eigenvalue weighted by Gasteiger charge is 2.25. The van der Waals surface area contributed by atoms with E-state index in [2.05, 4.69) is 15.4 Å². The average Bonchev–Trinajstić information content (AvgIpc) is 2.60. The predicted octanol–water partition coefficient (Wildman–Crippen LogP) is 2.71. The van der Waals surface area contributed by atoms with E-state index in [1.807, 2.05) is 44.2 Å². The lowest BCUT2D eigenvalue weighted by atomic mass is 10.0. The summed E-state index contributed by atoms with van der Waals surface area (Å²) in [6.07, 6.45) is -0.325. The Labute approximate surface area is 146 Å². The van der Waals surface area contributed by atoms with Gasteiger partial charge in [-0.1, -0.05) is 12.1 Å². The van der Waals surface area contributed by atoms with Gasteiger partial charge in [-0.15, -0.1) is 0 Å². The van der Waals surface area contributed by atoms with E-state index < -0.39 is 5.97 Å². The van der Waals surface area contributed by atoms with Gasteiger partial charge in [0.2, 0.25) is 0 Å². The van der Waals surface area contributed by atoms with Crippen LogP contribution in [0.1, 0.15) is 33.2 Å². The number of rotatable bonds is 4. The number of aryl methyl sites for hydroxylation is 2. The molecule has 0 aromatic heterocycles. The van der Waals surface area contributed by atoms with Crippen molar-refractivity contribution in [2.75, 3.05) is 19.0 Å². The maximum absolute atomic E-state index is 12.3. The Kier molecular flexibility index (Phi) is 4.61. The van der Waals surface area contributed by atoms with E-state index in [1.165, 1.54) is 7.11 Å². The van der Waals surface area contributed by atoms with E-state index in [0.29, 0.717) is 11.3 Å². The number of fused-ring (bicyclic) bond motifs is 1. The zero-order chi connectivity index (χ0) is 18.0. The molecule has 0 saturated carbocycles. The number of hydrogen-bond acceptors (Lipinski definition) is 5. The summed E-state index contributed by atoms with van der Waals surface area (Å²) in [5.41, 5.74) is 4.12. The van der Waals surface area contributed by atoms with Crippen molar-refractivity contribution in [2.45, 2.75) is 20.0 Å². The van der Waals surface area contributed by atoms with Gasteiger partial charge in [0.15, 0.2) is 6.61 Å². The van der Waals surface area contributed by atoms with Crippen LogP contribution < -0.4 is 15.4 Å². The second kappa shape index (κ2) is 6.84. The molecule has 0 unspecified atom stereocenters. The third-order valence-electron chi connectivity index (χ3n) is 4.12. The van der Waals surface area contributed by atoms with E-state index in [0.717, 1.165) is 22.4 Å². The number of esters is 1. The Morgan fingerprint density at radius 1 is 1.12 bits per heavy atom. The lowest BCUT2D eigenvalue weighted by Gasteiger charge is -2.29. The number of anilines is 1. The minimum absolute atomic E-state index is 0.110. The highest BCUT2D eigenvalue weighted by molar-refractivity contribution is 6.01. The Hall–Kier alpha value is -3.02. The zero-order valence-electron chi connectivity index (χ0n) is 14.4. The van der Waals surface area contributed by atoms with Gasteiger partial charge in [-0.2, -0.15) is 0 Å². The molecule has 0 spiro atoms. The molecule has 0 saturated heterocycles. The van der Waals surface area contributed by atoms with Gasteiger partial charge in [0.05, 0.1) is 12.7 Å². The van der Waals surface area contributed by atoms with Gasteiger partial charge < -0.3 is 20.1 Å². The van der Waals surface area contributed by atoms with Crippen molar-refractivity contribution in [3.63, 3.8) is 0 Å². The minimum Gasteiger partial charge on any atom is -0.481 e. The van der Waals surface area contributed by atoms with Crippen molar-refractivity contribution in [3.05, 3.63) is 58.7 Å². The molecular formula is C19H20N2O4. The monoisotopic (exact) mass is 340 g/mol. The van der Waals surface area contributed by atoms with Crippen LogP contribution in [0.4, 0.5) is 5.69 Å². The van der Waals surface area contributed by atoms with Gasteiger partial charge in [-0.25, -0.2) is 4.79 Å². The number of carbonyl (C=O) groups is 2. The maximum Gasteiger partial charge on any atom is 0.343 e. The summed E-state index contributed by atoms with van der Waals surface area (Å²) in [6.45, 7) is 3.67. The number of benzene rings is 2. The van der Waals surface area contributed by atoms with Crippen LogP contribution in [0.25, 0.3) is 0 Å².